The predicted octanol–water partition coefficient (Wildman–Crippen LogP) is 2.29. The fourth-order valence-electron chi connectivity index (χ4n) is 1.51. The Kier molecular flexibility index (Phi) is 6.23. The summed E-state index contributed by atoms with van der Waals surface area (Å²) in [7, 11) is 1.62. The molecule has 0 bridgehead atoms. The maximum atomic E-state index is 8.54. The number of benzene rings is 1. The van der Waals surface area contributed by atoms with Crippen molar-refractivity contribution in [3.05, 3.63) is 28.8 Å². The zero-order valence-corrected chi connectivity index (χ0v) is 10.2. The fraction of sp³-hybridized carbons (Fsp3) is 0.500. The zero-order valence-electron chi connectivity index (χ0n) is 9.41. The minimum atomic E-state index is 0.0699. The Morgan fingerprint density at radius 2 is 2.12 bits per heavy atom. The van der Waals surface area contributed by atoms with Crippen molar-refractivity contribution < 1.29 is 14.6 Å². The van der Waals surface area contributed by atoms with Gasteiger partial charge >= 0.3 is 0 Å². The molecule has 16 heavy (non-hydrogen) atoms. The SMILES string of the molecule is COc1c(Cl)cccc1CCCOCCO. The van der Waals surface area contributed by atoms with Crippen LogP contribution in [0, 0.1) is 0 Å². The number of methoxy groups -OCH3 is 1. The highest BCUT2D eigenvalue weighted by molar-refractivity contribution is 6.32. The lowest BCUT2D eigenvalue weighted by atomic mass is 10.1. The van der Waals surface area contributed by atoms with Crippen molar-refractivity contribution >= 4 is 11.6 Å². The van der Waals surface area contributed by atoms with Crippen LogP contribution >= 0.6 is 11.6 Å². The van der Waals surface area contributed by atoms with Crippen LogP contribution in [0.25, 0.3) is 0 Å². The van der Waals surface area contributed by atoms with Gasteiger partial charge in [0.05, 0.1) is 25.3 Å². The number of halogens is 1. The summed E-state index contributed by atoms with van der Waals surface area (Å²) >= 11 is 6.00. The Morgan fingerprint density at radius 3 is 2.81 bits per heavy atom. The molecule has 1 aromatic rings. The number of hydrogen-bond acceptors (Lipinski definition) is 3. The summed E-state index contributed by atoms with van der Waals surface area (Å²) in [5.74, 6) is 0.742. The van der Waals surface area contributed by atoms with Crippen molar-refractivity contribution in [2.75, 3.05) is 26.9 Å². The molecule has 0 aromatic heterocycles. The molecule has 0 aliphatic heterocycles. The summed E-state index contributed by atoms with van der Waals surface area (Å²) < 4.78 is 10.4. The van der Waals surface area contributed by atoms with Gasteiger partial charge in [-0.15, -0.1) is 0 Å². The summed E-state index contributed by atoms with van der Waals surface area (Å²) in [5.41, 5.74) is 1.09. The Morgan fingerprint density at radius 1 is 1.31 bits per heavy atom. The van der Waals surface area contributed by atoms with Crippen molar-refractivity contribution in [1.29, 1.82) is 0 Å². The first-order valence-electron chi connectivity index (χ1n) is 5.29. The highest BCUT2D eigenvalue weighted by Gasteiger charge is 2.06. The molecule has 0 aliphatic carbocycles. The van der Waals surface area contributed by atoms with Crippen LogP contribution in [0.3, 0.4) is 0 Å². The van der Waals surface area contributed by atoms with Gasteiger partial charge in [0, 0.05) is 6.61 Å². The van der Waals surface area contributed by atoms with Crippen LogP contribution in [0.15, 0.2) is 18.2 Å². The number of hydrogen-bond donors (Lipinski definition) is 1. The summed E-state index contributed by atoms with van der Waals surface area (Å²) in [5, 5.41) is 9.17. The van der Waals surface area contributed by atoms with E-state index in [2.05, 4.69) is 0 Å². The molecule has 1 N–H and O–H groups in total. The van der Waals surface area contributed by atoms with Gasteiger partial charge < -0.3 is 14.6 Å². The number of para-hydroxylation sites is 1. The molecule has 3 nitrogen and oxygen atoms in total. The smallest absolute Gasteiger partial charge is 0.140 e. The largest absolute Gasteiger partial charge is 0.495 e. The van der Waals surface area contributed by atoms with Crippen LogP contribution in [0.4, 0.5) is 0 Å². The third-order valence-corrected chi connectivity index (χ3v) is 2.52. The van der Waals surface area contributed by atoms with Crippen LogP contribution in [-0.4, -0.2) is 32.0 Å². The first kappa shape index (κ1) is 13.3. The third-order valence-electron chi connectivity index (χ3n) is 2.22. The molecule has 90 valence electrons. The van der Waals surface area contributed by atoms with Gasteiger partial charge in [-0.1, -0.05) is 23.7 Å². The van der Waals surface area contributed by atoms with E-state index in [4.69, 9.17) is 26.2 Å². The van der Waals surface area contributed by atoms with E-state index >= 15 is 0 Å². The van der Waals surface area contributed by atoms with E-state index in [1.165, 1.54) is 0 Å². The molecule has 0 radical (unpaired) electrons. The molecular formula is C12H17ClO3. The summed E-state index contributed by atoms with van der Waals surface area (Å²) in [4.78, 5) is 0. The first-order valence-corrected chi connectivity index (χ1v) is 5.67. The second kappa shape index (κ2) is 7.49. The topological polar surface area (TPSA) is 38.7 Å². The highest BCUT2D eigenvalue weighted by atomic mass is 35.5. The van der Waals surface area contributed by atoms with E-state index in [1.807, 2.05) is 18.2 Å². The van der Waals surface area contributed by atoms with Crippen LogP contribution in [0.2, 0.25) is 5.02 Å². The van der Waals surface area contributed by atoms with Gasteiger partial charge in [-0.05, 0) is 24.5 Å². The second-order valence-electron chi connectivity index (χ2n) is 3.37. The van der Waals surface area contributed by atoms with E-state index < -0.39 is 0 Å². The third kappa shape index (κ3) is 4.00. The molecule has 0 aliphatic rings. The van der Waals surface area contributed by atoms with E-state index in [0.29, 0.717) is 18.2 Å². The maximum Gasteiger partial charge on any atom is 0.140 e. The quantitative estimate of drug-likeness (QED) is 0.748. The van der Waals surface area contributed by atoms with Gasteiger partial charge in [0.25, 0.3) is 0 Å². The van der Waals surface area contributed by atoms with E-state index in [1.54, 1.807) is 7.11 Å². The second-order valence-corrected chi connectivity index (χ2v) is 3.78. The lowest BCUT2D eigenvalue weighted by molar-refractivity contribution is 0.0908. The lowest BCUT2D eigenvalue weighted by Gasteiger charge is -2.09. The molecule has 0 saturated carbocycles. The Hall–Kier alpha value is -0.770. The molecule has 0 unspecified atom stereocenters. The Balaban J connectivity index is 2.44. The molecule has 0 amide bonds. The van der Waals surface area contributed by atoms with Gasteiger partial charge in [-0.3, -0.25) is 0 Å². The average molecular weight is 245 g/mol. The molecule has 0 fully saturated rings. The van der Waals surface area contributed by atoms with E-state index in [-0.39, 0.29) is 6.61 Å². The Labute approximate surface area is 101 Å². The summed E-state index contributed by atoms with van der Waals surface area (Å²) in [6.45, 7) is 1.10. The minimum absolute atomic E-state index is 0.0699. The Bertz CT molecular complexity index is 315. The highest BCUT2D eigenvalue weighted by Crippen LogP contribution is 2.28. The molecule has 1 aromatic carbocycles. The van der Waals surface area contributed by atoms with Crippen LogP contribution in [-0.2, 0) is 11.2 Å². The molecule has 0 atom stereocenters. The van der Waals surface area contributed by atoms with Crippen molar-refractivity contribution in [3.8, 4) is 5.75 Å². The molecule has 1 rings (SSSR count). The molecule has 0 spiro atoms. The minimum Gasteiger partial charge on any atom is -0.495 e. The van der Waals surface area contributed by atoms with Crippen LogP contribution in [0.1, 0.15) is 12.0 Å². The number of aliphatic hydroxyl groups is 1. The van der Waals surface area contributed by atoms with Crippen molar-refractivity contribution in [1.82, 2.24) is 0 Å². The van der Waals surface area contributed by atoms with Gasteiger partial charge in [-0.25, -0.2) is 0 Å². The standard InChI is InChI=1S/C12H17ClO3/c1-15-12-10(4-2-6-11(12)13)5-3-8-16-9-7-14/h2,4,6,14H,3,5,7-9H2,1H3. The van der Waals surface area contributed by atoms with Gasteiger partial charge in [0.15, 0.2) is 0 Å². The molecular weight excluding hydrogens is 228 g/mol. The van der Waals surface area contributed by atoms with Crippen LogP contribution in [0.5, 0.6) is 5.75 Å². The van der Waals surface area contributed by atoms with E-state index in [0.717, 1.165) is 24.2 Å². The van der Waals surface area contributed by atoms with Gasteiger partial charge in [-0.2, -0.15) is 0 Å². The van der Waals surface area contributed by atoms with Crippen LogP contribution < -0.4 is 4.74 Å². The number of aliphatic hydroxyl groups excluding tert-OH is 1. The van der Waals surface area contributed by atoms with Gasteiger partial charge in [0.2, 0.25) is 0 Å². The lowest BCUT2D eigenvalue weighted by Crippen LogP contribution is -2.02. The summed E-state index contributed by atoms with van der Waals surface area (Å²) in [6, 6.07) is 5.72. The van der Waals surface area contributed by atoms with Gasteiger partial charge in [0.1, 0.15) is 5.75 Å². The molecule has 4 heteroatoms. The number of rotatable bonds is 7. The fourth-order valence-corrected chi connectivity index (χ4v) is 1.78. The summed E-state index contributed by atoms with van der Waals surface area (Å²) in [6.07, 6.45) is 1.74. The molecule has 0 heterocycles. The van der Waals surface area contributed by atoms with E-state index in [9.17, 15) is 0 Å². The monoisotopic (exact) mass is 244 g/mol. The number of ether oxygens (including phenoxy) is 2. The molecule has 0 saturated heterocycles. The maximum absolute atomic E-state index is 8.54. The first-order chi connectivity index (χ1) is 7.79. The normalized spacial score (nSPS) is 10.4. The average Bonchev–Trinajstić information content (AvgIpc) is 2.29. The van der Waals surface area contributed by atoms with Crippen molar-refractivity contribution in [2.24, 2.45) is 0 Å². The van der Waals surface area contributed by atoms with Crippen molar-refractivity contribution in [2.45, 2.75) is 12.8 Å². The zero-order chi connectivity index (χ0) is 11.8. The van der Waals surface area contributed by atoms with Crippen molar-refractivity contribution in [3.63, 3.8) is 0 Å². The number of aryl methyl sites for hydroxylation is 1. The predicted molar refractivity (Wildman–Crippen MR) is 64.2 cm³/mol.